The van der Waals surface area contributed by atoms with Gasteiger partial charge >= 0.3 is 0 Å². The normalized spacial score (nSPS) is 10.2. The lowest BCUT2D eigenvalue weighted by molar-refractivity contribution is 0.102. The van der Waals surface area contributed by atoms with E-state index in [4.69, 9.17) is 0 Å². The monoisotopic (exact) mass is 334 g/mol. The van der Waals surface area contributed by atoms with Crippen LogP contribution in [0.1, 0.15) is 23.0 Å². The van der Waals surface area contributed by atoms with Crippen molar-refractivity contribution in [2.45, 2.75) is 13.8 Å². The number of hydrogen-bond acceptors (Lipinski definition) is 4. The molecule has 0 saturated heterocycles. The van der Waals surface area contributed by atoms with Gasteiger partial charge in [-0.2, -0.15) is 0 Å². The molecule has 0 bridgehead atoms. The van der Waals surface area contributed by atoms with Crippen molar-refractivity contribution in [3.63, 3.8) is 0 Å². The summed E-state index contributed by atoms with van der Waals surface area (Å²) >= 11 is 3.38. The molecule has 2 heterocycles. The molecule has 2 aromatic heterocycles. The van der Waals surface area contributed by atoms with E-state index in [1.807, 2.05) is 19.9 Å². The number of aromatic nitrogens is 2. The summed E-state index contributed by atoms with van der Waals surface area (Å²) in [6.07, 6.45) is 3.19. The van der Waals surface area contributed by atoms with E-state index in [1.54, 1.807) is 24.5 Å². The van der Waals surface area contributed by atoms with Crippen LogP contribution >= 0.6 is 15.9 Å². The van der Waals surface area contributed by atoms with Gasteiger partial charge in [-0.1, -0.05) is 0 Å². The van der Waals surface area contributed by atoms with Crippen molar-refractivity contribution >= 4 is 33.3 Å². The first kappa shape index (κ1) is 14.5. The SMILES string of the molecule is CCNc1ccncc1C(=O)Nc1ccc(Br)c(C)n1. The molecular weight excluding hydrogens is 320 g/mol. The number of halogens is 1. The standard InChI is InChI=1S/C14H15BrN4O/c1-3-17-12-6-7-16-8-10(12)14(20)19-13-5-4-11(15)9(2)18-13/h4-8H,3H2,1-2H3,(H,16,17)(H,18,19,20). The lowest BCUT2D eigenvalue weighted by Gasteiger charge is -2.10. The molecule has 5 nitrogen and oxygen atoms in total. The van der Waals surface area contributed by atoms with Crippen molar-refractivity contribution in [3.05, 3.63) is 46.3 Å². The second-order valence-electron chi connectivity index (χ2n) is 4.17. The zero-order valence-corrected chi connectivity index (χ0v) is 12.9. The van der Waals surface area contributed by atoms with E-state index in [0.29, 0.717) is 11.4 Å². The van der Waals surface area contributed by atoms with E-state index < -0.39 is 0 Å². The van der Waals surface area contributed by atoms with Crippen molar-refractivity contribution in [1.82, 2.24) is 9.97 Å². The molecule has 0 atom stereocenters. The maximum Gasteiger partial charge on any atom is 0.260 e. The van der Waals surface area contributed by atoms with Gasteiger partial charge < -0.3 is 10.6 Å². The molecule has 0 aliphatic carbocycles. The van der Waals surface area contributed by atoms with Gasteiger partial charge in [0.2, 0.25) is 0 Å². The van der Waals surface area contributed by atoms with Crippen molar-refractivity contribution in [3.8, 4) is 0 Å². The Morgan fingerprint density at radius 3 is 2.85 bits per heavy atom. The molecule has 0 aromatic carbocycles. The summed E-state index contributed by atoms with van der Waals surface area (Å²) in [5.74, 6) is 0.283. The summed E-state index contributed by atoms with van der Waals surface area (Å²) in [7, 11) is 0. The Balaban J connectivity index is 2.21. The first-order chi connectivity index (χ1) is 9.61. The van der Waals surface area contributed by atoms with Crippen molar-refractivity contribution in [2.75, 3.05) is 17.2 Å². The molecule has 0 spiro atoms. The quantitative estimate of drug-likeness (QED) is 0.900. The van der Waals surface area contributed by atoms with Crippen LogP contribution in [0.3, 0.4) is 0 Å². The number of amides is 1. The molecule has 6 heteroatoms. The second kappa shape index (κ2) is 6.47. The number of pyridine rings is 2. The predicted octanol–water partition coefficient (Wildman–Crippen LogP) is 3.23. The number of hydrogen-bond donors (Lipinski definition) is 2. The van der Waals surface area contributed by atoms with Crippen LogP contribution in [0, 0.1) is 6.92 Å². The Kier molecular flexibility index (Phi) is 4.68. The highest BCUT2D eigenvalue weighted by Crippen LogP contribution is 2.18. The Bertz CT molecular complexity index is 630. The van der Waals surface area contributed by atoms with E-state index in [-0.39, 0.29) is 5.91 Å². The fourth-order valence-corrected chi connectivity index (χ4v) is 1.94. The first-order valence-electron chi connectivity index (χ1n) is 6.24. The summed E-state index contributed by atoms with van der Waals surface area (Å²) < 4.78 is 0.908. The average Bonchev–Trinajstić information content (AvgIpc) is 2.44. The summed E-state index contributed by atoms with van der Waals surface area (Å²) in [6.45, 7) is 4.58. The molecule has 104 valence electrons. The topological polar surface area (TPSA) is 66.9 Å². The minimum absolute atomic E-state index is 0.233. The van der Waals surface area contributed by atoms with Crippen LogP contribution in [0.2, 0.25) is 0 Å². The largest absolute Gasteiger partial charge is 0.385 e. The van der Waals surface area contributed by atoms with Gasteiger partial charge in [-0.3, -0.25) is 9.78 Å². The highest BCUT2D eigenvalue weighted by atomic mass is 79.9. The van der Waals surface area contributed by atoms with E-state index >= 15 is 0 Å². The molecular formula is C14H15BrN4O. The summed E-state index contributed by atoms with van der Waals surface area (Å²) in [4.78, 5) is 20.6. The second-order valence-corrected chi connectivity index (χ2v) is 5.02. The molecule has 0 saturated carbocycles. The lowest BCUT2D eigenvalue weighted by Crippen LogP contribution is -2.16. The molecule has 1 amide bonds. The number of nitrogens with one attached hydrogen (secondary N) is 2. The van der Waals surface area contributed by atoms with E-state index in [1.165, 1.54) is 0 Å². The smallest absolute Gasteiger partial charge is 0.260 e. The highest BCUT2D eigenvalue weighted by molar-refractivity contribution is 9.10. The average molecular weight is 335 g/mol. The number of rotatable bonds is 4. The van der Waals surface area contributed by atoms with Crippen molar-refractivity contribution in [1.29, 1.82) is 0 Å². The van der Waals surface area contributed by atoms with Gasteiger partial charge in [0, 0.05) is 23.4 Å². The molecule has 2 N–H and O–H groups in total. The first-order valence-corrected chi connectivity index (χ1v) is 7.03. The van der Waals surface area contributed by atoms with Gasteiger partial charge in [-0.25, -0.2) is 4.98 Å². The third-order valence-corrected chi connectivity index (χ3v) is 3.53. The Morgan fingerprint density at radius 2 is 2.15 bits per heavy atom. The zero-order valence-electron chi connectivity index (χ0n) is 11.3. The predicted molar refractivity (Wildman–Crippen MR) is 83.0 cm³/mol. The third-order valence-electron chi connectivity index (χ3n) is 2.70. The van der Waals surface area contributed by atoms with Crippen molar-refractivity contribution in [2.24, 2.45) is 0 Å². The minimum Gasteiger partial charge on any atom is -0.385 e. The Labute approximate surface area is 126 Å². The van der Waals surface area contributed by atoms with E-state index in [9.17, 15) is 4.79 Å². The zero-order chi connectivity index (χ0) is 14.5. The van der Waals surface area contributed by atoms with Crippen LogP contribution in [-0.2, 0) is 0 Å². The Morgan fingerprint density at radius 1 is 1.35 bits per heavy atom. The molecule has 0 radical (unpaired) electrons. The molecule has 0 aliphatic rings. The van der Waals surface area contributed by atoms with Gasteiger partial charge in [-0.15, -0.1) is 0 Å². The molecule has 0 unspecified atom stereocenters. The van der Waals surface area contributed by atoms with Crippen LogP contribution in [0.15, 0.2) is 35.1 Å². The van der Waals surface area contributed by atoms with Crippen LogP contribution < -0.4 is 10.6 Å². The molecule has 2 rings (SSSR count). The van der Waals surface area contributed by atoms with Gasteiger partial charge in [0.15, 0.2) is 0 Å². The summed E-state index contributed by atoms with van der Waals surface area (Å²) in [5, 5.41) is 5.91. The van der Waals surface area contributed by atoms with E-state index in [2.05, 4.69) is 36.5 Å². The minimum atomic E-state index is -0.233. The number of aryl methyl sites for hydroxylation is 1. The third kappa shape index (κ3) is 3.33. The van der Waals surface area contributed by atoms with Gasteiger partial charge in [0.25, 0.3) is 5.91 Å². The number of carbonyl (C=O) groups is 1. The maximum atomic E-state index is 12.3. The highest BCUT2D eigenvalue weighted by Gasteiger charge is 2.12. The van der Waals surface area contributed by atoms with Crippen LogP contribution in [-0.4, -0.2) is 22.4 Å². The number of carbonyl (C=O) groups excluding carboxylic acids is 1. The number of nitrogens with zero attached hydrogens (tertiary/aromatic N) is 2. The lowest BCUT2D eigenvalue weighted by atomic mass is 10.2. The van der Waals surface area contributed by atoms with Gasteiger partial charge in [0.05, 0.1) is 16.9 Å². The molecule has 20 heavy (non-hydrogen) atoms. The number of anilines is 2. The molecule has 2 aromatic rings. The summed E-state index contributed by atoms with van der Waals surface area (Å²) in [6, 6.07) is 5.38. The van der Waals surface area contributed by atoms with E-state index in [0.717, 1.165) is 22.4 Å². The fourth-order valence-electron chi connectivity index (χ4n) is 1.72. The molecule has 0 aliphatic heterocycles. The molecule has 0 fully saturated rings. The maximum absolute atomic E-state index is 12.3. The Hall–Kier alpha value is -1.95. The van der Waals surface area contributed by atoms with Gasteiger partial charge in [0.1, 0.15) is 5.82 Å². The van der Waals surface area contributed by atoms with Crippen molar-refractivity contribution < 1.29 is 4.79 Å². The fraction of sp³-hybridized carbons (Fsp3) is 0.214. The van der Waals surface area contributed by atoms with Crippen LogP contribution in [0.5, 0.6) is 0 Å². The van der Waals surface area contributed by atoms with Crippen LogP contribution in [0.4, 0.5) is 11.5 Å². The van der Waals surface area contributed by atoms with Crippen LogP contribution in [0.25, 0.3) is 0 Å². The summed E-state index contributed by atoms with van der Waals surface area (Å²) in [5.41, 5.74) is 2.08. The van der Waals surface area contributed by atoms with Gasteiger partial charge in [-0.05, 0) is 48.0 Å².